The molecule has 0 amide bonds. The van der Waals surface area contributed by atoms with E-state index in [0.29, 0.717) is 6.54 Å². The number of aromatic nitrogens is 5. The number of nitrogens with zero attached hydrogens (tertiary/aromatic N) is 5. The highest BCUT2D eigenvalue weighted by Crippen LogP contribution is 2.08. The van der Waals surface area contributed by atoms with E-state index in [1.54, 1.807) is 24.8 Å². The smallest absolute Gasteiger partial charge is 0.177 e. The highest BCUT2D eigenvalue weighted by Gasteiger charge is 2.04. The van der Waals surface area contributed by atoms with Gasteiger partial charge in [0, 0.05) is 24.8 Å². The summed E-state index contributed by atoms with van der Waals surface area (Å²) < 4.78 is 1.82. The Morgan fingerprint density at radius 2 is 2.00 bits per heavy atom. The summed E-state index contributed by atoms with van der Waals surface area (Å²) in [4.78, 5) is 12.5. The summed E-state index contributed by atoms with van der Waals surface area (Å²) in [7, 11) is 0. The third kappa shape index (κ3) is 1.52. The zero-order valence-electron chi connectivity index (χ0n) is 8.48. The molecule has 0 fully saturated rings. The molecule has 0 spiro atoms. The fourth-order valence-corrected chi connectivity index (χ4v) is 1.59. The van der Waals surface area contributed by atoms with Crippen molar-refractivity contribution in [2.45, 2.75) is 6.54 Å². The molecule has 5 nitrogen and oxygen atoms in total. The summed E-state index contributed by atoms with van der Waals surface area (Å²) in [5.41, 5.74) is 2.70. The van der Waals surface area contributed by atoms with E-state index in [1.807, 2.05) is 23.0 Å². The molecule has 3 aromatic heterocycles. The van der Waals surface area contributed by atoms with Gasteiger partial charge in [-0.1, -0.05) is 6.07 Å². The summed E-state index contributed by atoms with van der Waals surface area (Å²) in [6.07, 6.45) is 8.63. The summed E-state index contributed by atoms with van der Waals surface area (Å²) >= 11 is 0. The van der Waals surface area contributed by atoms with E-state index in [4.69, 9.17) is 0 Å². The monoisotopic (exact) mass is 211 g/mol. The predicted molar refractivity (Wildman–Crippen MR) is 58.7 cm³/mol. The Morgan fingerprint density at radius 1 is 1.06 bits per heavy atom. The number of hydrogen-bond donors (Lipinski definition) is 0. The molecular weight excluding hydrogens is 202 g/mol. The van der Waals surface area contributed by atoms with Crippen LogP contribution in [0.4, 0.5) is 0 Å². The van der Waals surface area contributed by atoms with Gasteiger partial charge in [-0.05, 0) is 11.6 Å². The molecule has 0 atom stereocenters. The van der Waals surface area contributed by atoms with Crippen molar-refractivity contribution in [3.05, 3.63) is 48.7 Å². The van der Waals surface area contributed by atoms with E-state index in [-0.39, 0.29) is 0 Å². The Kier molecular flexibility index (Phi) is 2.07. The quantitative estimate of drug-likeness (QED) is 0.640. The fraction of sp³-hybridized carbons (Fsp3) is 0.0909. The zero-order valence-corrected chi connectivity index (χ0v) is 8.48. The van der Waals surface area contributed by atoms with E-state index in [9.17, 15) is 0 Å². The molecule has 78 valence electrons. The van der Waals surface area contributed by atoms with Gasteiger partial charge in [0.1, 0.15) is 5.52 Å². The maximum Gasteiger partial charge on any atom is 0.177 e. The normalized spacial score (nSPS) is 10.8. The topological polar surface area (TPSA) is 56.5 Å². The van der Waals surface area contributed by atoms with E-state index in [2.05, 4.69) is 20.1 Å². The van der Waals surface area contributed by atoms with Crippen molar-refractivity contribution < 1.29 is 0 Å². The largest absolute Gasteiger partial charge is 0.264 e. The Balaban J connectivity index is 2.01. The average molecular weight is 211 g/mol. The summed E-state index contributed by atoms with van der Waals surface area (Å²) in [5.74, 6) is 0. The van der Waals surface area contributed by atoms with Crippen molar-refractivity contribution in [1.82, 2.24) is 24.7 Å². The van der Waals surface area contributed by atoms with Gasteiger partial charge < -0.3 is 0 Å². The lowest BCUT2D eigenvalue weighted by molar-refractivity contribution is 0.702. The molecule has 5 heteroatoms. The predicted octanol–water partition coefficient (Wildman–Crippen LogP) is 1.27. The van der Waals surface area contributed by atoms with Crippen molar-refractivity contribution in [1.29, 1.82) is 0 Å². The van der Waals surface area contributed by atoms with Crippen LogP contribution in [-0.2, 0) is 6.54 Å². The van der Waals surface area contributed by atoms with Crippen LogP contribution in [0.5, 0.6) is 0 Å². The van der Waals surface area contributed by atoms with Crippen LogP contribution < -0.4 is 0 Å². The first-order valence-electron chi connectivity index (χ1n) is 4.95. The molecule has 0 N–H and O–H groups in total. The molecule has 0 radical (unpaired) electrons. The highest BCUT2D eigenvalue weighted by molar-refractivity contribution is 5.68. The number of hydrogen-bond acceptors (Lipinski definition) is 4. The second-order valence-electron chi connectivity index (χ2n) is 3.43. The Bertz CT molecular complexity index is 602. The fourth-order valence-electron chi connectivity index (χ4n) is 1.59. The van der Waals surface area contributed by atoms with Gasteiger partial charge in [-0.2, -0.15) is 5.10 Å². The van der Waals surface area contributed by atoms with Crippen LogP contribution in [0.2, 0.25) is 0 Å². The molecule has 0 saturated heterocycles. The Labute approximate surface area is 91.8 Å². The van der Waals surface area contributed by atoms with Gasteiger partial charge in [0.05, 0.1) is 12.7 Å². The van der Waals surface area contributed by atoms with Crippen LogP contribution in [0.3, 0.4) is 0 Å². The number of rotatable bonds is 2. The van der Waals surface area contributed by atoms with Crippen molar-refractivity contribution in [3.8, 4) is 0 Å². The molecular formula is C11H9N5. The summed E-state index contributed by atoms with van der Waals surface area (Å²) in [6, 6.07) is 3.92. The maximum absolute atomic E-state index is 4.25. The molecule has 3 rings (SSSR count). The first kappa shape index (κ1) is 8.96. The van der Waals surface area contributed by atoms with Crippen LogP contribution in [-0.4, -0.2) is 24.7 Å². The molecule has 0 aliphatic heterocycles. The van der Waals surface area contributed by atoms with E-state index < -0.39 is 0 Å². The highest BCUT2D eigenvalue weighted by atomic mass is 15.3. The molecule has 0 aromatic carbocycles. The second-order valence-corrected chi connectivity index (χ2v) is 3.43. The Morgan fingerprint density at radius 3 is 2.88 bits per heavy atom. The molecule has 3 heterocycles. The number of fused-ring (bicyclic) bond motifs is 1. The molecule has 16 heavy (non-hydrogen) atoms. The van der Waals surface area contributed by atoms with Gasteiger partial charge >= 0.3 is 0 Å². The molecule has 3 aromatic rings. The molecule has 0 saturated carbocycles. The summed E-state index contributed by atoms with van der Waals surface area (Å²) in [6.45, 7) is 0.663. The molecule has 0 bridgehead atoms. The van der Waals surface area contributed by atoms with Crippen LogP contribution in [0.25, 0.3) is 11.2 Å². The first-order chi connectivity index (χ1) is 7.93. The minimum atomic E-state index is 0.663. The second kappa shape index (κ2) is 3.69. The standard InChI is InChI=1S/C11H9N5/c1-2-9(6-12-3-1)8-16-11-10(7-15-16)13-4-5-14-11/h1-7H,8H2. The lowest BCUT2D eigenvalue weighted by atomic mass is 10.3. The minimum absolute atomic E-state index is 0.663. The third-order valence-electron chi connectivity index (χ3n) is 2.33. The minimum Gasteiger partial charge on any atom is -0.264 e. The van der Waals surface area contributed by atoms with E-state index >= 15 is 0 Å². The van der Waals surface area contributed by atoms with Crippen molar-refractivity contribution in [2.24, 2.45) is 0 Å². The third-order valence-corrected chi connectivity index (χ3v) is 2.33. The number of pyridine rings is 1. The summed E-state index contributed by atoms with van der Waals surface area (Å²) in [5, 5.41) is 4.25. The van der Waals surface area contributed by atoms with Crippen molar-refractivity contribution in [2.75, 3.05) is 0 Å². The maximum atomic E-state index is 4.25. The van der Waals surface area contributed by atoms with Gasteiger partial charge in [0.2, 0.25) is 0 Å². The van der Waals surface area contributed by atoms with Crippen molar-refractivity contribution >= 4 is 11.2 Å². The van der Waals surface area contributed by atoms with Gasteiger partial charge in [-0.15, -0.1) is 0 Å². The lowest BCUT2D eigenvalue weighted by Gasteiger charge is -2.01. The average Bonchev–Trinajstić information content (AvgIpc) is 2.74. The van der Waals surface area contributed by atoms with Gasteiger partial charge in [0.25, 0.3) is 0 Å². The van der Waals surface area contributed by atoms with Crippen LogP contribution in [0.15, 0.2) is 43.1 Å². The zero-order chi connectivity index (χ0) is 10.8. The molecule has 0 aliphatic carbocycles. The molecule has 0 unspecified atom stereocenters. The van der Waals surface area contributed by atoms with Crippen LogP contribution >= 0.6 is 0 Å². The van der Waals surface area contributed by atoms with E-state index in [1.165, 1.54) is 0 Å². The van der Waals surface area contributed by atoms with Gasteiger partial charge in [-0.3, -0.25) is 4.98 Å². The van der Waals surface area contributed by atoms with Crippen LogP contribution in [0, 0.1) is 0 Å². The first-order valence-corrected chi connectivity index (χ1v) is 4.95. The lowest BCUT2D eigenvalue weighted by Crippen LogP contribution is -2.02. The molecule has 0 aliphatic rings. The Hall–Kier alpha value is -2.30. The van der Waals surface area contributed by atoms with E-state index in [0.717, 1.165) is 16.7 Å². The SMILES string of the molecule is c1cncc(Cn2ncc3nccnc32)c1. The van der Waals surface area contributed by atoms with Gasteiger partial charge in [0.15, 0.2) is 5.65 Å². The van der Waals surface area contributed by atoms with Crippen LogP contribution in [0.1, 0.15) is 5.56 Å². The van der Waals surface area contributed by atoms with Crippen molar-refractivity contribution in [3.63, 3.8) is 0 Å². The van der Waals surface area contributed by atoms with Gasteiger partial charge in [-0.25, -0.2) is 14.6 Å².